The molecule has 2 aromatic rings. The summed E-state index contributed by atoms with van der Waals surface area (Å²) in [7, 11) is 5.91. The minimum atomic E-state index is -1.01. The van der Waals surface area contributed by atoms with E-state index in [9.17, 15) is 19.2 Å². The Morgan fingerprint density at radius 2 is 1.60 bits per heavy atom. The van der Waals surface area contributed by atoms with Crippen molar-refractivity contribution in [3.8, 4) is 28.7 Å². The van der Waals surface area contributed by atoms with Crippen LogP contribution in [0.3, 0.4) is 0 Å². The van der Waals surface area contributed by atoms with Crippen molar-refractivity contribution in [1.29, 1.82) is 0 Å². The lowest BCUT2D eigenvalue weighted by Gasteiger charge is -2.32. The lowest BCUT2D eigenvalue weighted by atomic mass is 9.76. The number of carbonyl (C=O) groups is 4. The van der Waals surface area contributed by atoms with Gasteiger partial charge in [0.1, 0.15) is 5.75 Å². The van der Waals surface area contributed by atoms with Crippen LogP contribution in [0.2, 0.25) is 0 Å². The first-order valence-corrected chi connectivity index (χ1v) is 16.3. The zero-order valence-corrected chi connectivity index (χ0v) is 28.5. The van der Waals surface area contributed by atoms with Gasteiger partial charge in [0.05, 0.1) is 46.0 Å². The maximum absolute atomic E-state index is 13.9. The van der Waals surface area contributed by atoms with Crippen LogP contribution in [-0.2, 0) is 25.5 Å². The predicted octanol–water partition coefficient (Wildman–Crippen LogP) is 3.16. The monoisotopic (exact) mass is 669 g/mol. The molecule has 4 rings (SSSR count). The molecule has 13 nitrogen and oxygen atoms in total. The van der Waals surface area contributed by atoms with E-state index < -0.39 is 11.3 Å². The van der Waals surface area contributed by atoms with Crippen molar-refractivity contribution >= 4 is 23.7 Å². The van der Waals surface area contributed by atoms with Gasteiger partial charge in [0.15, 0.2) is 29.6 Å². The van der Waals surface area contributed by atoms with Crippen molar-refractivity contribution in [2.45, 2.75) is 45.4 Å². The fourth-order valence-electron chi connectivity index (χ4n) is 5.92. The van der Waals surface area contributed by atoms with Gasteiger partial charge in [0.2, 0.25) is 5.91 Å². The molecule has 1 unspecified atom stereocenters. The Labute approximate surface area is 281 Å². The van der Waals surface area contributed by atoms with E-state index in [1.54, 1.807) is 36.1 Å². The summed E-state index contributed by atoms with van der Waals surface area (Å²) in [5.74, 6) is 0.781. The van der Waals surface area contributed by atoms with Crippen molar-refractivity contribution in [3.05, 3.63) is 41.5 Å². The molecule has 0 saturated heterocycles. The molecule has 48 heavy (non-hydrogen) atoms. The van der Waals surface area contributed by atoms with E-state index in [2.05, 4.69) is 10.6 Å². The molecule has 2 aromatic carbocycles. The van der Waals surface area contributed by atoms with E-state index >= 15 is 0 Å². The topological polar surface area (TPSA) is 151 Å². The van der Waals surface area contributed by atoms with Crippen molar-refractivity contribution in [2.24, 2.45) is 11.3 Å². The highest BCUT2D eigenvalue weighted by Crippen LogP contribution is 2.43. The zero-order chi connectivity index (χ0) is 34.7. The van der Waals surface area contributed by atoms with E-state index in [1.807, 2.05) is 6.07 Å². The fourth-order valence-corrected chi connectivity index (χ4v) is 5.92. The number of rotatable bonds is 9. The Morgan fingerprint density at radius 1 is 0.896 bits per heavy atom. The Balaban J connectivity index is 1.63. The molecule has 1 saturated carbocycles. The molecular weight excluding hydrogens is 622 g/mol. The third-order valence-electron chi connectivity index (χ3n) is 8.60. The third kappa shape index (κ3) is 9.23. The molecule has 1 atom stereocenters. The van der Waals surface area contributed by atoms with E-state index in [-0.39, 0.29) is 74.9 Å². The minimum Gasteiger partial charge on any atom is -0.496 e. The summed E-state index contributed by atoms with van der Waals surface area (Å²) in [4.78, 5) is 55.1. The Morgan fingerprint density at radius 3 is 2.27 bits per heavy atom. The van der Waals surface area contributed by atoms with Gasteiger partial charge in [-0.05, 0) is 49.8 Å². The SMILES string of the molecule is CCOC(=O)C1(CC2CC2)CNC(=O)CCCN(C(=O)c2cc(OC)c(OC)cc2OC)CCNC(=O)COc2cc(ccc2OC)C1. The number of nitrogens with zero attached hydrogens (tertiary/aromatic N) is 1. The number of nitrogens with one attached hydrogen (secondary N) is 2. The summed E-state index contributed by atoms with van der Waals surface area (Å²) in [6, 6.07) is 8.46. The normalized spacial score (nSPS) is 19.4. The van der Waals surface area contributed by atoms with Crippen molar-refractivity contribution in [3.63, 3.8) is 0 Å². The molecule has 2 bridgehead atoms. The predicted molar refractivity (Wildman–Crippen MR) is 176 cm³/mol. The first-order chi connectivity index (χ1) is 23.2. The average molecular weight is 670 g/mol. The lowest BCUT2D eigenvalue weighted by molar-refractivity contribution is -0.156. The van der Waals surface area contributed by atoms with Crippen LogP contribution in [0.5, 0.6) is 28.7 Å². The Bertz CT molecular complexity index is 1460. The maximum Gasteiger partial charge on any atom is 0.314 e. The smallest absolute Gasteiger partial charge is 0.314 e. The van der Waals surface area contributed by atoms with Gasteiger partial charge in [-0.1, -0.05) is 18.9 Å². The number of benzene rings is 2. The molecule has 1 aliphatic carbocycles. The van der Waals surface area contributed by atoms with Crippen molar-refractivity contribution < 1.29 is 47.6 Å². The van der Waals surface area contributed by atoms with Gasteiger partial charge in [-0.25, -0.2) is 0 Å². The van der Waals surface area contributed by atoms with Crippen LogP contribution in [-0.4, -0.2) is 96.4 Å². The summed E-state index contributed by atoms with van der Waals surface area (Å²) in [5, 5.41) is 5.80. The molecule has 262 valence electrons. The van der Waals surface area contributed by atoms with Crippen LogP contribution in [0, 0.1) is 11.3 Å². The highest BCUT2D eigenvalue weighted by Gasteiger charge is 2.45. The Hall–Kier alpha value is -4.68. The quantitative estimate of drug-likeness (QED) is 0.381. The van der Waals surface area contributed by atoms with E-state index in [0.29, 0.717) is 48.2 Å². The third-order valence-corrected chi connectivity index (χ3v) is 8.60. The number of hydrogen-bond acceptors (Lipinski definition) is 10. The summed E-state index contributed by atoms with van der Waals surface area (Å²) in [6.07, 6.45) is 3.33. The highest BCUT2D eigenvalue weighted by molar-refractivity contribution is 5.98. The number of carbonyl (C=O) groups excluding carboxylic acids is 4. The summed E-state index contributed by atoms with van der Waals surface area (Å²) < 4.78 is 33.2. The molecule has 0 radical (unpaired) electrons. The van der Waals surface area contributed by atoms with Gasteiger partial charge in [-0.2, -0.15) is 0 Å². The standard InChI is InChI=1S/C35H47N3O10/c1-6-47-34(42)35(19-23-9-10-23)20-24-11-12-26(43-2)30(16-24)48-21-32(40)36-13-15-38(14-7-8-31(39)37-22-35)33(41)25-17-28(45-4)29(46-5)18-27(25)44-3/h11-12,16-18,23H,6-10,13-15,19-22H2,1-5H3,(H,36,40)(H,37,39). The van der Waals surface area contributed by atoms with Gasteiger partial charge in [0, 0.05) is 44.7 Å². The number of hydrogen-bond donors (Lipinski definition) is 2. The molecular formula is C35H47N3O10. The zero-order valence-electron chi connectivity index (χ0n) is 28.5. The van der Waals surface area contributed by atoms with Crippen molar-refractivity contribution in [2.75, 3.05) is 67.8 Å². The molecule has 1 aliphatic heterocycles. The van der Waals surface area contributed by atoms with Crippen LogP contribution < -0.4 is 34.3 Å². The summed E-state index contributed by atoms with van der Waals surface area (Å²) >= 11 is 0. The van der Waals surface area contributed by atoms with E-state index in [1.165, 1.54) is 28.4 Å². The molecule has 13 heteroatoms. The Kier molecular flexibility index (Phi) is 12.8. The van der Waals surface area contributed by atoms with Gasteiger partial charge >= 0.3 is 5.97 Å². The van der Waals surface area contributed by atoms with Crippen molar-refractivity contribution in [1.82, 2.24) is 15.5 Å². The molecule has 1 fully saturated rings. The second-order valence-electron chi connectivity index (χ2n) is 12.0. The number of methoxy groups -OCH3 is 4. The molecule has 2 aliphatic rings. The van der Waals surface area contributed by atoms with Crippen LogP contribution >= 0.6 is 0 Å². The number of amides is 3. The van der Waals surface area contributed by atoms with Gasteiger partial charge < -0.3 is 44.0 Å². The minimum absolute atomic E-state index is 0.0945. The molecule has 3 amide bonds. The first kappa shape index (κ1) is 36.2. The van der Waals surface area contributed by atoms with E-state index in [0.717, 1.165) is 18.4 Å². The maximum atomic E-state index is 13.9. The lowest BCUT2D eigenvalue weighted by Crippen LogP contribution is -2.46. The molecule has 0 aromatic heterocycles. The second-order valence-corrected chi connectivity index (χ2v) is 12.0. The molecule has 2 N–H and O–H groups in total. The van der Waals surface area contributed by atoms with Gasteiger partial charge in [-0.3, -0.25) is 19.2 Å². The molecule has 1 heterocycles. The van der Waals surface area contributed by atoms with Gasteiger partial charge in [-0.15, -0.1) is 0 Å². The first-order valence-electron chi connectivity index (χ1n) is 16.3. The van der Waals surface area contributed by atoms with E-state index in [4.69, 9.17) is 28.4 Å². The number of esters is 1. The van der Waals surface area contributed by atoms with Gasteiger partial charge in [0.25, 0.3) is 11.8 Å². The number of ether oxygens (including phenoxy) is 6. The second kappa shape index (κ2) is 16.9. The van der Waals surface area contributed by atoms with Crippen LogP contribution in [0.1, 0.15) is 54.9 Å². The van der Waals surface area contributed by atoms with Crippen LogP contribution in [0.4, 0.5) is 0 Å². The summed E-state index contributed by atoms with van der Waals surface area (Å²) in [5.41, 5.74) is 0.0192. The number of fused-ring (bicyclic) bond motifs is 2. The average Bonchev–Trinajstić information content (AvgIpc) is 3.91. The largest absolute Gasteiger partial charge is 0.496 e. The summed E-state index contributed by atoms with van der Waals surface area (Å²) in [6.45, 7) is 2.27. The molecule has 0 spiro atoms. The van der Waals surface area contributed by atoms with Crippen LogP contribution in [0.25, 0.3) is 0 Å². The fraction of sp³-hybridized carbons (Fsp3) is 0.543. The van der Waals surface area contributed by atoms with Crippen LogP contribution in [0.15, 0.2) is 30.3 Å². The highest BCUT2D eigenvalue weighted by atomic mass is 16.5.